The SMILES string of the molecule is CN(C)C(=O)NNC(=O)c1cc(Cl)cc(Cl)c1NC(=O)c1cc(C(F)(F)F)nn1-c1ncccc1Cl. The van der Waals surface area contributed by atoms with Gasteiger partial charge in [0.05, 0.1) is 21.3 Å². The second-order valence-electron chi connectivity index (χ2n) is 7.18. The molecule has 0 aliphatic rings. The molecule has 0 aliphatic carbocycles. The number of urea groups is 1. The number of halogens is 6. The van der Waals surface area contributed by atoms with Gasteiger partial charge in [0.15, 0.2) is 11.5 Å². The molecular formula is C20H15Cl3F3N7O3. The zero-order valence-electron chi connectivity index (χ0n) is 18.2. The Morgan fingerprint density at radius 2 is 1.69 bits per heavy atom. The molecule has 0 atom stereocenters. The second kappa shape index (κ2) is 10.6. The van der Waals surface area contributed by atoms with Gasteiger partial charge >= 0.3 is 12.2 Å². The number of amides is 4. The van der Waals surface area contributed by atoms with Crippen LogP contribution in [0.1, 0.15) is 26.5 Å². The Balaban J connectivity index is 2.03. The molecule has 10 nitrogen and oxygen atoms in total. The molecule has 0 bridgehead atoms. The quantitative estimate of drug-likeness (QED) is 0.405. The minimum Gasteiger partial charge on any atom is -0.330 e. The summed E-state index contributed by atoms with van der Waals surface area (Å²) < 4.78 is 40.8. The summed E-state index contributed by atoms with van der Waals surface area (Å²) in [5.74, 6) is -2.30. The summed E-state index contributed by atoms with van der Waals surface area (Å²) in [6.45, 7) is 0. The van der Waals surface area contributed by atoms with Crippen molar-refractivity contribution in [3.05, 3.63) is 68.5 Å². The monoisotopic (exact) mass is 563 g/mol. The van der Waals surface area contributed by atoms with Crippen LogP contribution in [0.4, 0.5) is 23.7 Å². The number of carbonyl (C=O) groups excluding carboxylic acids is 3. The average molecular weight is 565 g/mol. The van der Waals surface area contributed by atoms with E-state index in [2.05, 4.69) is 26.3 Å². The fraction of sp³-hybridized carbons (Fsp3) is 0.150. The number of alkyl halides is 3. The summed E-state index contributed by atoms with van der Waals surface area (Å²) in [5, 5.41) is 5.45. The largest absolute Gasteiger partial charge is 0.435 e. The van der Waals surface area contributed by atoms with Gasteiger partial charge in [-0.3, -0.25) is 15.0 Å². The number of hydrogen-bond acceptors (Lipinski definition) is 5. The maximum Gasteiger partial charge on any atom is 0.435 e. The molecule has 16 heteroatoms. The van der Waals surface area contributed by atoms with Crippen molar-refractivity contribution < 1.29 is 27.6 Å². The second-order valence-corrected chi connectivity index (χ2v) is 8.43. The summed E-state index contributed by atoms with van der Waals surface area (Å²) in [5.41, 5.74) is 1.64. The molecule has 4 amide bonds. The number of anilines is 1. The van der Waals surface area contributed by atoms with Crippen LogP contribution in [0.25, 0.3) is 5.82 Å². The van der Waals surface area contributed by atoms with E-state index in [1.807, 2.05) is 0 Å². The van der Waals surface area contributed by atoms with Gasteiger partial charge in [0.25, 0.3) is 11.8 Å². The number of pyridine rings is 1. The van der Waals surface area contributed by atoms with Gasteiger partial charge in [0.2, 0.25) is 0 Å². The molecule has 0 radical (unpaired) electrons. The Hall–Kier alpha value is -3.55. The van der Waals surface area contributed by atoms with Gasteiger partial charge in [-0.15, -0.1) is 0 Å². The smallest absolute Gasteiger partial charge is 0.330 e. The summed E-state index contributed by atoms with van der Waals surface area (Å²) >= 11 is 18.2. The molecule has 0 aliphatic heterocycles. The Kier molecular flexibility index (Phi) is 7.96. The molecule has 0 saturated carbocycles. The van der Waals surface area contributed by atoms with Crippen molar-refractivity contribution in [2.45, 2.75) is 6.18 Å². The molecule has 1 aromatic carbocycles. The van der Waals surface area contributed by atoms with Crippen molar-refractivity contribution in [3.8, 4) is 5.82 Å². The molecule has 3 aromatic rings. The molecule has 2 heterocycles. The molecule has 0 saturated heterocycles. The molecule has 3 rings (SSSR count). The van der Waals surface area contributed by atoms with E-state index < -0.39 is 35.4 Å². The summed E-state index contributed by atoms with van der Waals surface area (Å²) in [7, 11) is 2.85. The van der Waals surface area contributed by atoms with E-state index in [0.717, 1.165) is 11.0 Å². The van der Waals surface area contributed by atoms with E-state index in [-0.39, 0.29) is 32.1 Å². The maximum absolute atomic E-state index is 13.4. The fourth-order valence-electron chi connectivity index (χ4n) is 2.72. The number of rotatable bonds is 4. The first-order valence-corrected chi connectivity index (χ1v) is 10.8. The van der Waals surface area contributed by atoms with Crippen LogP contribution in [-0.4, -0.2) is 51.6 Å². The van der Waals surface area contributed by atoms with Crippen LogP contribution in [0, 0.1) is 0 Å². The van der Waals surface area contributed by atoms with Crippen molar-refractivity contribution in [1.82, 2.24) is 30.5 Å². The van der Waals surface area contributed by atoms with Gasteiger partial charge in [0, 0.05) is 31.4 Å². The third kappa shape index (κ3) is 5.98. The standard InChI is InChI=1S/C20H15Cl3F3N7O3/c1-32(2)19(36)30-29-17(34)10-6-9(21)7-12(23)15(10)28-18(35)13-8-14(20(24,25)26)31-33(13)16-11(22)4-3-5-27-16/h3-8H,1-2H3,(H,28,35)(H,29,34)(H,30,36). The van der Waals surface area contributed by atoms with Crippen LogP contribution >= 0.6 is 34.8 Å². The van der Waals surface area contributed by atoms with Crippen LogP contribution in [0.3, 0.4) is 0 Å². The van der Waals surface area contributed by atoms with Crippen LogP contribution in [-0.2, 0) is 6.18 Å². The maximum atomic E-state index is 13.4. The first-order chi connectivity index (χ1) is 16.8. The normalized spacial score (nSPS) is 11.1. The molecular weight excluding hydrogens is 550 g/mol. The predicted octanol–water partition coefficient (Wildman–Crippen LogP) is 4.41. The van der Waals surface area contributed by atoms with Crippen LogP contribution in [0.15, 0.2) is 36.5 Å². The molecule has 3 N–H and O–H groups in total. The van der Waals surface area contributed by atoms with Crippen molar-refractivity contribution in [2.24, 2.45) is 0 Å². The average Bonchev–Trinajstić information content (AvgIpc) is 3.25. The minimum absolute atomic E-state index is 0.00625. The number of hydrogen-bond donors (Lipinski definition) is 3. The lowest BCUT2D eigenvalue weighted by Gasteiger charge is -2.16. The lowest BCUT2D eigenvalue weighted by atomic mass is 10.1. The highest BCUT2D eigenvalue weighted by molar-refractivity contribution is 6.38. The van der Waals surface area contributed by atoms with Crippen LogP contribution < -0.4 is 16.2 Å². The van der Waals surface area contributed by atoms with Crippen molar-refractivity contribution >= 4 is 58.3 Å². The number of hydrazine groups is 1. The predicted molar refractivity (Wildman–Crippen MR) is 125 cm³/mol. The van der Waals surface area contributed by atoms with Crippen molar-refractivity contribution in [2.75, 3.05) is 19.4 Å². The Bertz CT molecular complexity index is 1350. The summed E-state index contributed by atoms with van der Waals surface area (Å²) in [4.78, 5) is 42.5. The minimum atomic E-state index is -4.89. The number of benzene rings is 1. The first-order valence-electron chi connectivity index (χ1n) is 9.65. The fourth-order valence-corrected chi connectivity index (χ4v) is 3.46. The van der Waals surface area contributed by atoms with Gasteiger partial charge in [-0.25, -0.2) is 19.9 Å². The zero-order valence-corrected chi connectivity index (χ0v) is 20.5. The van der Waals surface area contributed by atoms with E-state index in [9.17, 15) is 27.6 Å². The zero-order chi connectivity index (χ0) is 26.8. The number of nitrogens with zero attached hydrogens (tertiary/aromatic N) is 4. The highest BCUT2D eigenvalue weighted by Gasteiger charge is 2.37. The lowest BCUT2D eigenvalue weighted by Crippen LogP contribution is -2.46. The van der Waals surface area contributed by atoms with E-state index in [1.54, 1.807) is 0 Å². The molecule has 190 valence electrons. The highest BCUT2D eigenvalue weighted by atomic mass is 35.5. The number of aromatic nitrogens is 3. The molecule has 0 unspecified atom stereocenters. The first kappa shape index (κ1) is 27.0. The van der Waals surface area contributed by atoms with Crippen molar-refractivity contribution in [1.29, 1.82) is 0 Å². The van der Waals surface area contributed by atoms with Crippen LogP contribution in [0.5, 0.6) is 0 Å². The number of nitrogens with one attached hydrogen (secondary N) is 3. The molecule has 0 fully saturated rings. The van der Waals surface area contributed by atoms with Crippen molar-refractivity contribution in [3.63, 3.8) is 0 Å². The third-order valence-corrected chi connectivity index (χ3v) is 5.21. The molecule has 36 heavy (non-hydrogen) atoms. The third-order valence-electron chi connectivity index (χ3n) is 4.40. The molecule has 2 aromatic heterocycles. The van der Waals surface area contributed by atoms with Gasteiger partial charge in [-0.05, 0) is 24.3 Å². The van der Waals surface area contributed by atoms with E-state index >= 15 is 0 Å². The van der Waals surface area contributed by atoms with Gasteiger partial charge in [-0.1, -0.05) is 34.8 Å². The molecule has 0 spiro atoms. The lowest BCUT2D eigenvalue weighted by molar-refractivity contribution is -0.141. The Labute approximate surface area is 216 Å². The summed E-state index contributed by atoms with van der Waals surface area (Å²) in [6.07, 6.45) is -3.65. The Morgan fingerprint density at radius 1 is 1.00 bits per heavy atom. The van der Waals surface area contributed by atoms with Gasteiger partial charge in [0.1, 0.15) is 5.69 Å². The van der Waals surface area contributed by atoms with E-state index in [4.69, 9.17) is 34.8 Å². The Morgan fingerprint density at radius 3 is 2.31 bits per heavy atom. The van der Waals surface area contributed by atoms with Crippen LogP contribution in [0.2, 0.25) is 15.1 Å². The summed E-state index contributed by atoms with van der Waals surface area (Å²) in [6, 6.07) is 4.93. The highest BCUT2D eigenvalue weighted by Crippen LogP contribution is 2.33. The van der Waals surface area contributed by atoms with Gasteiger partial charge in [-0.2, -0.15) is 18.3 Å². The van der Waals surface area contributed by atoms with E-state index in [0.29, 0.717) is 10.7 Å². The van der Waals surface area contributed by atoms with Gasteiger partial charge < -0.3 is 10.2 Å². The topological polar surface area (TPSA) is 121 Å². The van der Waals surface area contributed by atoms with E-state index in [1.165, 1.54) is 38.5 Å². The number of carbonyl (C=O) groups is 3.